The maximum absolute atomic E-state index is 11.8. The summed E-state index contributed by atoms with van der Waals surface area (Å²) in [7, 11) is 0. The Hall–Kier alpha value is -1.39. The SMILES string of the molecule is CCOC(=O)C(C(C)C)C(O)COCc1ccccc1. The van der Waals surface area contributed by atoms with Crippen molar-refractivity contribution in [3.63, 3.8) is 0 Å². The number of hydrogen-bond donors (Lipinski definition) is 1. The molecule has 0 saturated heterocycles. The van der Waals surface area contributed by atoms with Crippen molar-refractivity contribution in [3.05, 3.63) is 35.9 Å². The molecule has 1 N–H and O–H groups in total. The van der Waals surface area contributed by atoms with Gasteiger partial charge in [0, 0.05) is 0 Å². The van der Waals surface area contributed by atoms with Gasteiger partial charge >= 0.3 is 5.97 Å². The molecule has 0 amide bonds. The molecule has 4 nitrogen and oxygen atoms in total. The van der Waals surface area contributed by atoms with Crippen molar-refractivity contribution in [1.29, 1.82) is 0 Å². The van der Waals surface area contributed by atoms with E-state index in [1.54, 1.807) is 6.92 Å². The van der Waals surface area contributed by atoms with Crippen LogP contribution in [0.4, 0.5) is 0 Å². The quantitative estimate of drug-likeness (QED) is 0.743. The van der Waals surface area contributed by atoms with Crippen LogP contribution in [0, 0.1) is 11.8 Å². The van der Waals surface area contributed by atoms with Gasteiger partial charge in [0.1, 0.15) is 0 Å². The largest absolute Gasteiger partial charge is 0.466 e. The van der Waals surface area contributed by atoms with Gasteiger partial charge in [-0.05, 0) is 18.4 Å². The molecule has 0 bridgehead atoms. The summed E-state index contributed by atoms with van der Waals surface area (Å²) >= 11 is 0. The third-order valence-corrected chi connectivity index (χ3v) is 3.09. The minimum atomic E-state index is -0.849. The van der Waals surface area contributed by atoms with E-state index in [4.69, 9.17) is 9.47 Å². The van der Waals surface area contributed by atoms with Crippen LogP contribution in [0.1, 0.15) is 26.3 Å². The Morgan fingerprint density at radius 2 is 1.90 bits per heavy atom. The van der Waals surface area contributed by atoms with Crippen molar-refractivity contribution in [2.45, 2.75) is 33.5 Å². The fourth-order valence-corrected chi connectivity index (χ4v) is 2.09. The Labute approximate surface area is 120 Å². The fourth-order valence-electron chi connectivity index (χ4n) is 2.09. The lowest BCUT2D eigenvalue weighted by Gasteiger charge is -2.24. The van der Waals surface area contributed by atoms with E-state index < -0.39 is 12.0 Å². The van der Waals surface area contributed by atoms with E-state index in [1.807, 2.05) is 44.2 Å². The highest BCUT2D eigenvalue weighted by atomic mass is 16.5. The normalized spacial score (nSPS) is 14.1. The molecule has 20 heavy (non-hydrogen) atoms. The van der Waals surface area contributed by atoms with Crippen LogP contribution in [0.5, 0.6) is 0 Å². The number of aliphatic hydroxyl groups excluding tert-OH is 1. The monoisotopic (exact) mass is 280 g/mol. The molecule has 1 rings (SSSR count). The maximum Gasteiger partial charge on any atom is 0.311 e. The Bertz CT molecular complexity index is 389. The highest BCUT2D eigenvalue weighted by molar-refractivity contribution is 5.73. The minimum absolute atomic E-state index is 0.00405. The topological polar surface area (TPSA) is 55.8 Å². The lowest BCUT2D eigenvalue weighted by atomic mass is 9.90. The number of ether oxygens (including phenoxy) is 2. The average molecular weight is 280 g/mol. The second-order valence-corrected chi connectivity index (χ2v) is 5.09. The summed E-state index contributed by atoms with van der Waals surface area (Å²) in [5.41, 5.74) is 1.04. The maximum atomic E-state index is 11.8. The van der Waals surface area contributed by atoms with E-state index in [1.165, 1.54) is 0 Å². The van der Waals surface area contributed by atoms with Crippen molar-refractivity contribution in [1.82, 2.24) is 0 Å². The van der Waals surface area contributed by atoms with Gasteiger partial charge in [0.15, 0.2) is 0 Å². The molecule has 1 aromatic carbocycles. The zero-order valence-corrected chi connectivity index (χ0v) is 12.4. The number of benzene rings is 1. The molecule has 4 heteroatoms. The van der Waals surface area contributed by atoms with Gasteiger partial charge in [0.05, 0.1) is 31.8 Å². The van der Waals surface area contributed by atoms with Crippen LogP contribution in [0.3, 0.4) is 0 Å². The van der Waals surface area contributed by atoms with E-state index in [2.05, 4.69) is 0 Å². The second-order valence-electron chi connectivity index (χ2n) is 5.09. The van der Waals surface area contributed by atoms with Crippen LogP contribution < -0.4 is 0 Å². The summed E-state index contributed by atoms with van der Waals surface area (Å²) in [6.07, 6.45) is -0.849. The molecule has 0 aliphatic heterocycles. The molecule has 0 heterocycles. The number of hydrogen-bond acceptors (Lipinski definition) is 4. The molecular weight excluding hydrogens is 256 g/mol. The van der Waals surface area contributed by atoms with E-state index in [-0.39, 0.29) is 18.5 Å². The Morgan fingerprint density at radius 1 is 1.25 bits per heavy atom. The summed E-state index contributed by atoms with van der Waals surface area (Å²) in [6, 6.07) is 9.72. The van der Waals surface area contributed by atoms with Crippen molar-refractivity contribution in [2.24, 2.45) is 11.8 Å². The van der Waals surface area contributed by atoms with Gasteiger partial charge in [-0.1, -0.05) is 44.2 Å². The van der Waals surface area contributed by atoms with E-state index in [0.29, 0.717) is 13.2 Å². The van der Waals surface area contributed by atoms with Crippen LogP contribution in [-0.2, 0) is 20.9 Å². The Morgan fingerprint density at radius 3 is 2.45 bits per heavy atom. The third-order valence-electron chi connectivity index (χ3n) is 3.09. The summed E-state index contributed by atoms with van der Waals surface area (Å²) in [5.74, 6) is -0.909. The Balaban J connectivity index is 2.46. The first-order chi connectivity index (χ1) is 9.56. The number of carbonyl (C=O) groups excluding carboxylic acids is 1. The molecule has 0 aromatic heterocycles. The van der Waals surface area contributed by atoms with Crippen molar-refractivity contribution >= 4 is 5.97 Å². The van der Waals surface area contributed by atoms with Crippen molar-refractivity contribution in [3.8, 4) is 0 Å². The molecule has 0 spiro atoms. The lowest BCUT2D eigenvalue weighted by Crippen LogP contribution is -2.37. The highest BCUT2D eigenvalue weighted by Gasteiger charge is 2.31. The first-order valence-corrected chi connectivity index (χ1v) is 7.02. The molecule has 0 radical (unpaired) electrons. The predicted octanol–water partition coefficient (Wildman–Crippen LogP) is 2.40. The zero-order chi connectivity index (χ0) is 15.0. The van der Waals surface area contributed by atoms with Gasteiger partial charge in [-0.15, -0.1) is 0 Å². The third kappa shape index (κ3) is 5.31. The smallest absolute Gasteiger partial charge is 0.311 e. The van der Waals surface area contributed by atoms with Gasteiger partial charge in [0.25, 0.3) is 0 Å². The minimum Gasteiger partial charge on any atom is -0.466 e. The molecule has 2 unspecified atom stereocenters. The number of aliphatic hydroxyl groups is 1. The van der Waals surface area contributed by atoms with Crippen LogP contribution in [0.15, 0.2) is 30.3 Å². The van der Waals surface area contributed by atoms with E-state index in [0.717, 1.165) is 5.56 Å². The average Bonchev–Trinajstić information content (AvgIpc) is 2.40. The number of rotatable bonds is 8. The summed E-state index contributed by atoms with van der Waals surface area (Å²) in [6.45, 7) is 6.40. The van der Waals surface area contributed by atoms with Crippen LogP contribution in [-0.4, -0.2) is 30.4 Å². The summed E-state index contributed by atoms with van der Waals surface area (Å²) in [5, 5.41) is 10.1. The summed E-state index contributed by atoms with van der Waals surface area (Å²) < 4.78 is 10.5. The van der Waals surface area contributed by atoms with Gasteiger partial charge in [0.2, 0.25) is 0 Å². The van der Waals surface area contributed by atoms with E-state index >= 15 is 0 Å². The van der Waals surface area contributed by atoms with Crippen LogP contribution >= 0.6 is 0 Å². The molecule has 112 valence electrons. The predicted molar refractivity (Wildman–Crippen MR) is 77.1 cm³/mol. The highest BCUT2D eigenvalue weighted by Crippen LogP contribution is 2.18. The van der Waals surface area contributed by atoms with Gasteiger partial charge in [-0.2, -0.15) is 0 Å². The van der Waals surface area contributed by atoms with Crippen molar-refractivity contribution < 1.29 is 19.4 Å². The standard InChI is InChI=1S/C16H24O4/c1-4-20-16(18)15(12(2)3)14(17)11-19-10-13-8-6-5-7-9-13/h5-9,12,14-15,17H,4,10-11H2,1-3H3. The van der Waals surface area contributed by atoms with Crippen molar-refractivity contribution in [2.75, 3.05) is 13.2 Å². The molecule has 0 saturated carbocycles. The van der Waals surface area contributed by atoms with E-state index in [9.17, 15) is 9.90 Å². The second kappa shape index (κ2) is 8.72. The zero-order valence-electron chi connectivity index (χ0n) is 12.4. The molecule has 1 aromatic rings. The lowest BCUT2D eigenvalue weighted by molar-refractivity contribution is -0.156. The summed E-state index contributed by atoms with van der Waals surface area (Å²) in [4.78, 5) is 11.8. The Kier molecular flexibility index (Phi) is 7.26. The molecule has 0 fully saturated rings. The number of carbonyl (C=O) groups is 1. The first-order valence-electron chi connectivity index (χ1n) is 7.02. The number of esters is 1. The molecule has 2 atom stereocenters. The first kappa shape index (κ1) is 16.7. The molecule has 0 aliphatic carbocycles. The van der Waals surface area contributed by atoms with Crippen LogP contribution in [0.25, 0.3) is 0 Å². The fraction of sp³-hybridized carbons (Fsp3) is 0.562. The molecular formula is C16H24O4. The van der Waals surface area contributed by atoms with Gasteiger partial charge in [-0.25, -0.2) is 0 Å². The van der Waals surface area contributed by atoms with Gasteiger partial charge in [-0.3, -0.25) is 4.79 Å². The van der Waals surface area contributed by atoms with Gasteiger partial charge < -0.3 is 14.6 Å². The molecule has 0 aliphatic rings. The van der Waals surface area contributed by atoms with Crippen LogP contribution in [0.2, 0.25) is 0 Å².